The van der Waals surface area contributed by atoms with E-state index in [2.05, 4.69) is 0 Å². The maximum absolute atomic E-state index is 4.94. The SMILES string of the molecule is C1CCOC1.C1CCOC1.C1CCOC1.C1CCOC1.O. The standard InChI is InChI=1S/4C4H8O.H2O/c4*1-2-4-5-3-1;/h4*1-4H2;1H2. The van der Waals surface area contributed by atoms with Gasteiger partial charge in [0.25, 0.3) is 0 Å². The predicted octanol–water partition coefficient (Wildman–Crippen LogP) is 2.36. The van der Waals surface area contributed by atoms with Gasteiger partial charge in [-0.2, -0.15) is 0 Å². The van der Waals surface area contributed by atoms with E-state index in [0.717, 1.165) is 52.9 Å². The summed E-state index contributed by atoms with van der Waals surface area (Å²) in [5, 5.41) is 0. The van der Waals surface area contributed by atoms with E-state index in [4.69, 9.17) is 18.9 Å². The van der Waals surface area contributed by atoms with Gasteiger partial charge in [-0.1, -0.05) is 0 Å². The quantitative estimate of drug-likeness (QED) is 0.689. The fraction of sp³-hybridized carbons (Fsp3) is 1.00. The molecule has 0 unspecified atom stereocenters. The largest absolute Gasteiger partial charge is 0.412 e. The third kappa shape index (κ3) is 16.0. The first-order valence-corrected chi connectivity index (χ1v) is 8.31. The van der Waals surface area contributed by atoms with Crippen LogP contribution in [-0.4, -0.2) is 58.3 Å². The van der Waals surface area contributed by atoms with Crippen LogP contribution in [0.4, 0.5) is 0 Å². The lowest BCUT2D eigenvalue weighted by Gasteiger charge is -1.76. The first kappa shape index (κ1) is 20.8. The van der Waals surface area contributed by atoms with E-state index in [9.17, 15) is 0 Å². The summed E-state index contributed by atoms with van der Waals surface area (Å²) in [5.74, 6) is 0. The Kier molecular flexibility index (Phi) is 17.7. The highest BCUT2D eigenvalue weighted by atomic mass is 16.5. The highest BCUT2D eigenvalue weighted by Gasteiger charge is 1.96. The molecule has 2 N–H and O–H groups in total. The zero-order chi connectivity index (χ0) is 14.1. The number of hydrogen-bond donors (Lipinski definition) is 0. The molecule has 0 amide bonds. The number of rotatable bonds is 0. The molecule has 4 rings (SSSR count). The molecule has 5 nitrogen and oxygen atoms in total. The van der Waals surface area contributed by atoms with Crippen LogP contribution < -0.4 is 0 Å². The van der Waals surface area contributed by atoms with Crippen molar-refractivity contribution in [3.8, 4) is 0 Å². The first-order valence-electron chi connectivity index (χ1n) is 8.31. The summed E-state index contributed by atoms with van der Waals surface area (Å²) in [7, 11) is 0. The molecule has 0 aliphatic carbocycles. The molecule has 21 heavy (non-hydrogen) atoms. The highest BCUT2D eigenvalue weighted by molar-refractivity contribution is 4.45. The van der Waals surface area contributed by atoms with Crippen LogP contribution in [-0.2, 0) is 18.9 Å². The van der Waals surface area contributed by atoms with Gasteiger partial charge < -0.3 is 24.4 Å². The van der Waals surface area contributed by atoms with Gasteiger partial charge in [0.2, 0.25) is 0 Å². The molecule has 0 aromatic carbocycles. The Labute approximate surface area is 129 Å². The van der Waals surface area contributed by atoms with Crippen molar-refractivity contribution < 1.29 is 24.4 Å². The van der Waals surface area contributed by atoms with Gasteiger partial charge in [-0.05, 0) is 51.4 Å². The van der Waals surface area contributed by atoms with Crippen molar-refractivity contribution in [3.05, 3.63) is 0 Å². The van der Waals surface area contributed by atoms with Crippen LogP contribution in [0, 0.1) is 0 Å². The summed E-state index contributed by atoms with van der Waals surface area (Å²) in [4.78, 5) is 0. The molecule has 0 radical (unpaired) electrons. The molecular formula is C16H34O5. The zero-order valence-corrected chi connectivity index (χ0v) is 13.4. The van der Waals surface area contributed by atoms with Gasteiger partial charge in [-0.25, -0.2) is 0 Å². The second-order valence-corrected chi connectivity index (χ2v) is 5.28. The molecule has 4 heterocycles. The van der Waals surface area contributed by atoms with Crippen molar-refractivity contribution in [1.82, 2.24) is 0 Å². The van der Waals surface area contributed by atoms with Gasteiger partial charge in [0.1, 0.15) is 0 Å². The summed E-state index contributed by atoms with van der Waals surface area (Å²) >= 11 is 0. The Bertz CT molecular complexity index is 103. The average Bonchev–Trinajstić information content (AvgIpc) is 3.40. The molecule has 4 aliphatic heterocycles. The first-order chi connectivity index (χ1) is 10.0. The van der Waals surface area contributed by atoms with E-state index < -0.39 is 0 Å². The van der Waals surface area contributed by atoms with Crippen LogP contribution in [0.1, 0.15) is 51.4 Å². The van der Waals surface area contributed by atoms with Crippen LogP contribution in [0.25, 0.3) is 0 Å². The summed E-state index contributed by atoms with van der Waals surface area (Å²) in [6, 6.07) is 0. The number of hydrogen-bond acceptors (Lipinski definition) is 4. The maximum Gasteiger partial charge on any atom is 0.0466 e. The van der Waals surface area contributed by atoms with E-state index >= 15 is 0 Å². The molecule has 5 heteroatoms. The fourth-order valence-electron chi connectivity index (χ4n) is 2.04. The summed E-state index contributed by atoms with van der Waals surface area (Å²) < 4.78 is 19.8. The minimum absolute atomic E-state index is 0. The van der Waals surface area contributed by atoms with E-state index in [-0.39, 0.29) is 5.48 Å². The minimum Gasteiger partial charge on any atom is -0.412 e. The second-order valence-electron chi connectivity index (χ2n) is 5.28. The molecule has 0 aromatic heterocycles. The zero-order valence-electron chi connectivity index (χ0n) is 13.4. The molecule has 0 bridgehead atoms. The van der Waals surface area contributed by atoms with E-state index in [1.54, 1.807) is 0 Å². The lowest BCUT2D eigenvalue weighted by molar-refractivity contribution is 0.198. The van der Waals surface area contributed by atoms with Crippen LogP contribution in [0.5, 0.6) is 0 Å². The molecule has 0 aromatic rings. The predicted molar refractivity (Wildman–Crippen MR) is 83.8 cm³/mol. The van der Waals surface area contributed by atoms with Crippen molar-refractivity contribution in [2.24, 2.45) is 0 Å². The Morgan fingerprint density at radius 3 is 0.476 bits per heavy atom. The molecule has 4 saturated heterocycles. The van der Waals surface area contributed by atoms with Gasteiger partial charge >= 0.3 is 0 Å². The number of ether oxygens (including phenoxy) is 4. The Balaban J connectivity index is 0.000000250. The van der Waals surface area contributed by atoms with Crippen LogP contribution in [0.15, 0.2) is 0 Å². The third-order valence-corrected chi connectivity index (χ3v) is 3.31. The third-order valence-electron chi connectivity index (χ3n) is 3.31. The van der Waals surface area contributed by atoms with Crippen molar-refractivity contribution >= 4 is 0 Å². The van der Waals surface area contributed by atoms with E-state index in [1.165, 1.54) is 51.4 Å². The summed E-state index contributed by atoms with van der Waals surface area (Å²) in [5.41, 5.74) is 0. The van der Waals surface area contributed by atoms with Crippen molar-refractivity contribution in [3.63, 3.8) is 0 Å². The highest BCUT2D eigenvalue weighted by Crippen LogP contribution is 1.99. The van der Waals surface area contributed by atoms with Crippen LogP contribution in [0.3, 0.4) is 0 Å². The summed E-state index contributed by atoms with van der Waals surface area (Å²) in [6.45, 7) is 8.00. The van der Waals surface area contributed by atoms with Gasteiger partial charge in [-0.3, -0.25) is 0 Å². The van der Waals surface area contributed by atoms with E-state index in [1.807, 2.05) is 0 Å². The monoisotopic (exact) mass is 306 g/mol. The molecular weight excluding hydrogens is 272 g/mol. The van der Waals surface area contributed by atoms with Crippen LogP contribution in [0.2, 0.25) is 0 Å². The molecule has 0 atom stereocenters. The average molecular weight is 306 g/mol. The molecule has 0 saturated carbocycles. The lowest BCUT2D eigenvalue weighted by atomic mass is 10.4. The van der Waals surface area contributed by atoms with E-state index in [0.29, 0.717) is 0 Å². The maximum atomic E-state index is 4.94. The molecule has 4 aliphatic rings. The second kappa shape index (κ2) is 17.9. The van der Waals surface area contributed by atoms with Gasteiger partial charge in [-0.15, -0.1) is 0 Å². The Morgan fingerprint density at radius 2 is 0.429 bits per heavy atom. The lowest BCUT2D eigenvalue weighted by Crippen LogP contribution is -1.74. The molecule has 4 fully saturated rings. The normalized spacial score (nSPS) is 22.9. The Hall–Kier alpha value is -0.200. The fourth-order valence-corrected chi connectivity index (χ4v) is 2.04. The molecule has 128 valence electrons. The Morgan fingerprint density at radius 1 is 0.286 bits per heavy atom. The van der Waals surface area contributed by atoms with Gasteiger partial charge in [0, 0.05) is 52.9 Å². The topological polar surface area (TPSA) is 68.4 Å². The van der Waals surface area contributed by atoms with Gasteiger partial charge in [0.05, 0.1) is 0 Å². The van der Waals surface area contributed by atoms with Crippen molar-refractivity contribution in [2.45, 2.75) is 51.4 Å². The smallest absolute Gasteiger partial charge is 0.0466 e. The minimum atomic E-state index is 0. The van der Waals surface area contributed by atoms with Crippen LogP contribution >= 0.6 is 0 Å². The molecule has 0 spiro atoms. The van der Waals surface area contributed by atoms with Gasteiger partial charge in [0.15, 0.2) is 0 Å². The van der Waals surface area contributed by atoms with Crippen molar-refractivity contribution in [1.29, 1.82) is 0 Å². The summed E-state index contributed by atoms with van der Waals surface area (Å²) in [6.07, 6.45) is 10.2. The van der Waals surface area contributed by atoms with Crippen molar-refractivity contribution in [2.75, 3.05) is 52.9 Å².